The van der Waals surface area contributed by atoms with Gasteiger partial charge in [-0.1, -0.05) is 37.6 Å². The summed E-state index contributed by atoms with van der Waals surface area (Å²) in [4.78, 5) is 11.6. The fraction of sp³-hybridized carbons (Fsp3) is 0.524. The SMILES string of the molecule is CN=C(NCc1csc(C(C)C)n1)NC1CCN(Cc2ccc(Cl)cc2)CC1. The Hall–Kier alpha value is -1.63. The van der Waals surface area contributed by atoms with Crippen molar-refractivity contribution in [2.24, 2.45) is 4.99 Å². The first kappa shape index (κ1) is 21.1. The molecular formula is C21H30ClN5S. The minimum absolute atomic E-state index is 0.453. The van der Waals surface area contributed by atoms with Gasteiger partial charge in [-0.25, -0.2) is 4.98 Å². The van der Waals surface area contributed by atoms with Crippen LogP contribution >= 0.6 is 22.9 Å². The van der Waals surface area contributed by atoms with Crippen LogP contribution in [-0.4, -0.2) is 42.0 Å². The van der Waals surface area contributed by atoms with Gasteiger partial charge in [0.15, 0.2) is 5.96 Å². The topological polar surface area (TPSA) is 52.6 Å². The third-order valence-electron chi connectivity index (χ3n) is 4.97. The number of nitrogens with one attached hydrogen (secondary N) is 2. The van der Waals surface area contributed by atoms with Gasteiger partial charge in [0, 0.05) is 49.0 Å². The Balaban J connectivity index is 1.41. The number of benzene rings is 1. The van der Waals surface area contributed by atoms with Crippen LogP contribution in [0.15, 0.2) is 34.6 Å². The Morgan fingerprint density at radius 2 is 2.00 bits per heavy atom. The molecule has 2 N–H and O–H groups in total. The number of guanidine groups is 1. The van der Waals surface area contributed by atoms with Crippen molar-refractivity contribution in [1.82, 2.24) is 20.5 Å². The van der Waals surface area contributed by atoms with E-state index in [9.17, 15) is 0 Å². The lowest BCUT2D eigenvalue weighted by atomic mass is 10.0. The van der Waals surface area contributed by atoms with Crippen LogP contribution in [0.25, 0.3) is 0 Å². The number of halogens is 1. The highest BCUT2D eigenvalue weighted by molar-refractivity contribution is 7.09. The minimum atomic E-state index is 0.453. The van der Waals surface area contributed by atoms with E-state index in [4.69, 9.17) is 11.6 Å². The Kier molecular flexibility index (Phi) is 7.71. The first-order chi connectivity index (χ1) is 13.5. The summed E-state index contributed by atoms with van der Waals surface area (Å²) in [5.74, 6) is 1.34. The zero-order chi connectivity index (χ0) is 19.9. The van der Waals surface area contributed by atoms with Crippen LogP contribution in [0.2, 0.25) is 5.02 Å². The lowest BCUT2D eigenvalue weighted by Crippen LogP contribution is -2.48. The monoisotopic (exact) mass is 419 g/mol. The molecule has 3 rings (SSSR count). The van der Waals surface area contributed by atoms with E-state index in [-0.39, 0.29) is 0 Å². The molecule has 0 bridgehead atoms. The number of thiazole rings is 1. The standard InChI is InChI=1S/C21H30ClN5S/c1-15(2)20-25-19(14-28-20)12-24-21(23-3)26-18-8-10-27(11-9-18)13-16-4-6-17(22)7-5-16/h4-7,14-15,18H,8-13H2,1-3H3,(H2,23,24,26). The number of aliphatic imine (C=N–C) groups is 1. The highest BCUT2D eigenvalue weighted by Gasteiger charge is 2.20. The Morgan fingerprint density at radius 3 is 2.61 bits per heavy atom. The molecular weight excluding hydrogens is 390 g/mol. The second-order valence-corrected chi connectivity index (χ2v) is 8.90. The lowest BCUT2D eigenvalue weighted by Gasteiger charge is -2.33. The van der Waals surface area contributed by atoms with Crippen LogP contribution in [0.4, 0.5) is 0 Å². The molecule has 0 aliphatic carbocycles. The molecule has 152 valence electrons. The maximum atomic E-state index is 5.97. The second kappa shape index (κ2) is 10.2. The molecule has 0 saturated carbocycles. The summed E-state index contributed by atoms with van der Waals surface area (Å²) in [6.07, 6.45) is 2.23. The molecule has 1 aromatic carbocycles. The van der Waals surface area contributed by atoms with Gasteiger partial charge in [0.1, 0.15) is 0 Å². The predicted octanol–water partition coefficient (Wildman–Crippen LogP) is 4.25. The van der Waals surface area contributed by atoms with E-state index in [2.05, 4.69) is 56.9 Å². The molecule has 28 heavy (non-hydrogen) atoms. The van der Waals surface area contributed by atoms with Crippen molar-refractivity contribution in [3.8, 4) is 0 Å². The molecule has 7 heteroatoms. The summed E-state index contributed by atoms with van der Waals surface area (Å²) in [5, 5.41) is 11.1. The maximum absolute atomic E-state index is 5.97. The van der Waals surface area contributed by atoms with Crippen LogP contribution in [0.3, 0.4) is 0 Å². The molecule has 2 aromatic rings. The van der Waals surface area contributed by atoms with Gasteiger partial charge >= 0.3 is 0 Å². The van der Waals surface area contributed by atoms with E-state index in [1.165, 1.54) is 10.6 Å². The fourth-order valence-electron chi connectivity index (χ4n) is 3.31. The molecule has 1 aliphatic rings. The largest absolute Gasteiger partial charge is 0.354 e. The molecule has 1 aromatic heterocycles. The summed E-state index contributed by atoms with van der Waals surface area (Å²) in [7, 11) is 1.82. The van der Waals surface area contributed by atoms with Crippen molar-refractivity contribution in [3.05, 3.63) is 50.9 Å². The third kappa shape index (κ3) is 6.19. The predicted molar refractivity (Wildman–Crippen MR) is 119 cm³/mol. The van der Waals surface area contributed by atoms with Crippen LogP contribution in [0, 0.1) is 0 Å². The van der Waals surface area contributed by atoms with E-state index in [0.29, 0.717) is 18.5 Å². The molecule has 0 radical (unpaired) electrons. The van der Waals surface area contributed by atoms with Gasteiger partial charge in [0.05, 0.1) is 17.2 Å². The van der Waals surface area contributed by atoms with Gasteiger partial charge in [-0.3, -0.25) is 9.89 Å². The Bertz CT molecular complexity index is 763. The van der Waals surface area contributed by atoms with Gasteiger partial charge < -0.3 is 10.6 Å². The summed E-state index contributed by atoms with van der Waals surface area (Å²) in [5.41, 5.74) is 2.40. The van der Waals surface area contributed by atoms with E-state index in [0.717, 1.165) is 49.2 Å². The number of aromatic nitrogens is 1. The second-order valence-electron chi connectivity index (χ2n) is 7.58. The zero-order valence-electron chi connectivity index (χ0n) is 16.9. The van der Waals surface area contributed by atoms with Gasteiger partial charge in [-0.2, -0.15) is 0 Å². The lowest BCUT2D eigenvalue weighted by molar-refractivity contribution is 0.198. The van der Waals surface area contributed by atoms with Crippen molar-refractivity contribution < 1.29 is 0 Å². The Morgan fingerprint density at radius 1 is 1.29 bits per heavy atom. The van der Waals surface area contributed by atoms with E-state index >= 15 is 0 Å². The average Bonchev–Trinajstić information content (AvgIpc) is 3.18. The highest BCUT2D eigenvalue weighted by atomic mass is 35.5. The van der Waals surface area contributed by atoms with Gasteiger partial charge in [-0.15, -0.1) is 11.3 Å². The van der Waals surface area contributed by atoms with E-state index in [1.54, 1.807) is 11.3 Å². The highest BCUT2D eigenvalue weighted by Crippen LogP contribution is 2.19. The molecule has 0 unspecified atom stereocenters. The fourth-order valence-corrected chi connectivity index (χ4v) is 4.28. The van der Waals surface area contributed by atoms with Crippen molar-refractivity contribution in [3.63, 3.8) is 0 Å². The first-order valence-electron chi connectivity index (χ1n) is 9.91. The van der Waals surface area contributed by atoms with Gasteiger partial charge in [0.25, 0.3) is 0 Å². The summed E-state index contributed by atoms with van der Waals surface area (Å²) in [6.45, 7) is 8.21. The number of piperidine rings is 1. The number of rotatable bonds is 6. The Labute approximate surface area is 177 Å². The van der Waals surface area contributed by atoms with Crippen molar-refractivity contribution >= 4 is 28.9 Å². The van der Waals surface area contributed by atoms with Crippen LogP contribution in [0.5, 0.6) is 0 Å². The van der Waals surface area contributed by atoms with Crippen molar-refractivity contribution in [2.45, 2.75) is 51.7 Å². The third-order valence-corrected chi connectivity index (χ3v) is 6.42. The number of hydrogen-bond donors (Lipinski definition) is 2. The number of nitrogens with zero attached hydrogens (tertiary/aromatic N) is 3. The summed E-state index contributed by atoms with van der Waals surface area (Å²) >= 11 is 7.70. The van der Waals surface area contributed by atoms with E-state index < -0.39 is 0 Å². The number of likely N-dealkylation sites (tertiary alicyclic amines) is 1. The van der Waals surface area contributed by atoms with Gasteiger partial charge in [-0.05, 0) is 30.5 Å². The minimum Gasteiger partial charge on any atom is -0.354 e. The molecule has 2 heterocycles. The molecule has 0 atom stereocenters. The summed E-state index contributed by atoms with van der Waals surface area (Å²) in [6, 6.07) is 8.61. The molecule has 0 spiro atoms. The van der Waals surface area contributed by atoms with Crippen LogP contribution in [0.1, 0.15) is 48.9 Å². The number of hydrogen-bond acceptors (Lipinski definition) is 4. The van der Waals surface area contributed by atoms with Crippen LogP contribution < -0.4 is 10.6 Å². The molecule has 0 amide bonds. The quantitative estimate of drug-likeness (QED) is 0.542. The zero-order valence-corrected chi connectivity index (χ0v) is 18.5. The molecule has 1 saturated heterocycles. The summed E-state index contributed by atoms with van der Waals surface area (Å²) < 4.78 is 0. The normalized spacial score (nSPS) is 16.5. The van der Waals surface area contributed by atoms with Crippen molar-refractivity contribution in [2.75, 3.05) is 20.1 Å². The average molecular weight is 420 g/mol. The molecule has 5 nitrogen and oxygen atoms in total. The maximum Gasteiger partial charge on any atom is 0.191 e. The molecule has 1 aliphatic heterocycles. The first-order valence-corrected chi connectivity index (χ1v) is 11.2. The van der Waals surface area contributed by atoms with Crippen molar-refractivity contribution in [1.29, 1.82) is 0 Å². The van der Waals surface area contributed by atoms with Gasteiger partial charge in [0.2, 0.25) is 0 Å². The smallest absolute Gasteiger partial charge is 0.191 e. The molecule has 1 fully saturated rings. The van der Waals surface area contributed by atoms with Crippen LogP contribution in [-0.2, 0) is 13.1 Å². The van der Waals surface area contributed by atoms with E-state index in [1.807, 2.05) is 19.2 Å².